The molecule has 0 aliphatic carbocycles. The van der Waals surface area contributed by atoms with Crippen LogP contribution in [0.2, 0.25) is 5.02 Å². The van der Waals surface area contributed by atoms with Crippen LogP contribution in [0.1, 0.15) is 5.76 Å². The third-order valence-electron chi connectivity index (χ3n) is 2.76. The van der Waals surface area contributed by atoms with E-state index in [0.717, 1.165) is 17.1 Å². The van der Waals surface area contributed by atoms with Crippen LogP contribution in [0.3, 0.4) is 0 Å². The Labute approximate surface area is 123 Å². The molecule has 1 aromatic carbocycles. The number of nitrogens with one attached hydrogen (secondary N) is 1. The topological polar surface area (TPSA) is 54.6 Å². The standard InChI is InChI=1S/C15H18ClNO3/c16-14-4-2-1-3-13(14)15-6-5-12(20-15)11-17-7-9-19-10-8-18/h1-6,17-18H,7-11H2. The van der Waals surface area contributed by atoms with E-state index in [4.69, 9.17) is 25.9 Å². The van der Waals surface area contributed by atoms with Crippen molar-refractivity contribution in [1.29, 1.82) is 0 Å². The zero-order valence-corrected chi connectivity index (χ0v) is 11.9. The van der Waals surface area contributed by atoms with Crippen LogP contribution in [0.4, 0.5) is 0 Å². The Kier molecular flexibility index (Phi) is 6.08. The van der Waals surface area contributed by atoms with Crippen LogP contribution in [-0.4, -0.2) is 31.5 Å². The van der Waals surface area contributed by atoms with Gasteiger partial charge >= 0.3 is 0 Å². The van der Waals surface area contributed by atoms with Crippen LogP contribution in [-0.2, 0) is 11.3 Å². The number of hydrogen-bond acceptors (Lipinski definition) is 4. The number of ether oxygens (including phenoxy) is 1. The second kappa shape index (κ2) is 8.07. The van der Waals surface area contributed by atoms with Crippen LogP contribution in [0.25, 0.3) is 11.3 Å². The van der Waals surface area contributed by atoms with Crippen LogP contribution in [0.5, 0.6) is 0 Å². The normalized spacial score (nSPS) is 10.9. The van der Waals surface area contributed by atoms with E-state index >= 15 is 0 Å². The van der Waals surface area contributed by atoms with Crippen molar-refractivity contribution in [3.8, 4) is 11.3 Å². The highest BCUT2D eigenvalue weighted by molar-refractivity contribution is 6.33. The minimum absolute atomic E-state index is 0.0549. The molecule has 0 spiro atoms. The molecule has 0 radical (unpaired) electrons. The minimum Gasteiger partial charge on any atom is -0.460 e. The fourth-order valence-corrected chi connectivity index (χ4v) is 2.03. The Bertz CT molecular complexity index is 527. The molecular weight excluding hydrogens is 278 g/mol. The summed E-state index contributed by atoms with van der Waals surface area (Å²) in [5.74, 6) is 1.62. The van der Waals surface area contributed by atoms with Gasteiger partial charge in [-0.2, -0.15) is 0 Å². The molecule has 1 aromatic heterocycles. The van der Waals surface area contributed by atoms with Crippen LogP contribution in [0.15, 0.2) is 40.8 Å². The Morgan fingerprint density at radius 1 is 1.15 bits per heavy atom. The third-order valence-corrected chi connectivity index (χ3v) is 3.09. The molecule has 0 bridgehead atoms. The van der Waals surface area contributed by atoms with Crippen molar-refractivity contribution < 1.29 is 14.3 Å². The van der Waals surface area contributed by atoms with E-state index in [0.29, 0.717) is 31.3 Å². The summed E-state index contributed by atoms with van der Waals surface area (Å²) in [4.78, 5) is 0. The summed E-state index contributed by atoms with van der Waals surface area (Å²) in [7, 11) is 0. The van der Waals surface area contributed by atoms with Gasteiger partial charge in [-0.1, -0.05) is 23.7 Å². The lowest BCUT2D eigenvalue weighted by Crippen LogP contribution is -2.19. The van der Waals surface area contributed by atoms with Crippen LogP contribution in [0, 0.1) is 0 Å². The van der Waals surface area contributed by atoms with Crippen molar-refractivity contribution in [2.24, 2.45) is 0 Å². The van der Waals surface area contributed by atoms with Gasteiger partial charge in [0.25, 0.3) is 0 Å². The predicted octanol–water partition coefficient (Wildman–Crippen LogP) is 2.70. The fourth-order valence-electron chi connectivity index (χ4n) is 1.80. The molecular formula is C15H18ClNO3. The van der Waals surface area contributed by atoms with Gasteiger partial charge in [0.15, 0.2) is 0 Å². The molecule has 4 nitrogen and oxygen atoms in total. The molecule has 2 rings (SSSR count). The van der Waals surface area contributed by atoms with Gasteiger partial charge in [-0.25, -0.2) is 0 Å². The average molecular weight is 296 g/mol. The highest BCUT2D eigenvalue weighted by atomic mass is 35.5. The van der Waals surface area contributed by atoms with Gasteiger partial charge in [0.05, 0.1) is 31.4 Å². The highest BCUT2D eigenvalue weighted by Gasteiger charge is 2.07. The van der Waals surface area contributed by atoms with Gasteiger partial charge in [-0.15, -0.1) is 0 Å². The molecule has 0 amide bonds. The summed E-state index contributed by atoms with van der Waals surface area (Å²) in [6.07, 6.45) is 0. The summed E-state index contributed by atoms with van der Waals surface area (Å²) in [6.45, 7) is 2.34. The Hall–Kier alpha value is -1.33. The summed E-state index contributed by atoms with van der Waals surface area (Å²) in [5, 5.41) is 12.4. The second-order valence-electron chi connectivity index (χ2n) is 4.26. The molecule has 0 atom stereocenters. The van der Waals surface area contributed by atoms with Gasteiger partial charge in [0.2, 0.25) is 0 Å². The fraction of sp³-hybridized carbons (Fsp3) is 0.333. The van der Waals surface area contributed by atoms with E-state index in [1.165, 1.54) is 0 Å². The van der Waals surface area contributed by atoms with Gasteiger partial charge in [-0.3, -0.25) is 0 Å². The molecule has 2 N–H and O–H groups in total. The number of benzene rings is 1. The first-order valence-corrected chi connectivity index (χ1v) is 6.92. The van der Waals surface area contributed by atoms with E-state index in [9.17, 15) is 0 Å². The largest absolute Gasteiger partial charge is 0.460 e. The third kappa shape index (κ3) is 4.35. The maximum absolute atomic E-state index is 8.56. The lowest BCUT2D eigenvalue weighted by atomic mass is 10.2. The molecule has 0 saturated heterocycles. The smallest absolute Gasteiger partial charge is 0.135 e. The molecule has 108 valence electrons. The molecule has 0 fully saturated rings. The minimum atomic E-state index is 0.0549. The van der Waals surface area contributed by atoms with Crippen molar-refractivity contribution in [3.63, 3.8) is 0 Å². The van der Waals surface area contributed by atoms with Gasteiger partial charge in [0, 0.05) is 12.1 Å². The summed E-state index contributed by atoms with van der Waals surface area (Å²) in [6, 6.07) is 11.4. The highest BCUT2D eigenvalue weighted by Crippen LogP contribution is 2.28. The van der Waals surface area contributed by atoms with E-state index in [1.807, 2.05) is 36.4 Å². The molecule has 20 heavy (non-hydrogen) atoms. The lowest BCUT2D eigenvalue weighted by molar-refractivity contribution is 0.0936. The SMILES string of the molecule is OCCOCCNCc1ccc(-c2ccccc2Cl)o1. The van der Waals surface area contributed by atoms with Crippen molar-refractivity contribution >= 4 is 11.6 Å². The molecule has 0 aliphatic rings. The van der Waals surface area contributed by atoms with Crippen molar-refractivity contribution in [1.82, 2.24) is 5.32 Å². The quantitative estimate of drug-likeness (QED) is 0.735. The number of aliphatic hydroxyl groups is 1. The molecule has 1 heterocycles. The Morgan fingerprint density at radius 3 is 2.80 bits per heavy atom. The number of hydrogen-bond donors (Lipinski definition) is 2. The zero-order chi connectivity index (χ0) is 14.2. The summed E-state index contributed by atoms with van der Waals surface area (Å²) >= 11 is 6.13. The van der Waals surface area contributed by atoms with E-state index < -0.39 is 0 Å². The van der Waals surface area contributed by atoms with Gasteiger partial charge in [0.1, 0.15) is 11.5 Å². The average Bonchev–Trinajstić information content (AvgIpc) is 2.92. The van der Waals surface area contributed by atoms with Crippen LogP contribution < -0.4 is 5.32 Å². The lowest BCUT2D eigenvalue weighted by Gasteiger charge is -2.03. The Balaban J connectivity index is 1.82. The molecule has 5 heteroatoms. The number of halogens is 1. The summed E-state index contributed by atoms with van der Waals surface area (Å²) in [5.41, 5.74) is 0.895. The van der Waals surface area contributed by atoms with E-state index in [-0.39, 0.29) is 6.61 Å². The van der Waals surface area contributed by atoms with Crippen molar-refractivity contribution in [3.05, 3.63) is 47.2 Å². The van der Waals surface area contributed by atoms with Crippen molar-refractivity contribution in [2.75, 3.05) is 26.4 Å². The van der Waals surface area contributed by atoms with Gasteiger partial charge in [-0.05, 0) is 24.3 Å². The van der Waals surface area contributed by atoms with Crippen LogP contribution >= 0.6 is 11.6 Å². The number of aliphatic hydroxyl groups excluding tert-OH is 1. The molecule has 0 aliphatic heterocycles. The first-order valence-electron chi connectivity index (χ1n) is 6.54. The monoisotopic (exact) mass is 295 g/mol. The number of furan rings is 1. The molecule has 0 unspecified atom stereocenters. The molecule has 2 aromatic rings. The van der Waals surface area contributed by atoms with Crippen molar-refractivity contribution in [2.45, 2.75) is 6.54 Å². The maximum atomic E-state index is 8.56. The second-order valence-corrected chi connectivity index (χ2v) is 4.67. The van der Waals surface area contributed by atoms with E-state index in [2.05, 4.69) is 5.32 Å². The zero-order valence-electron chi connectivity index (χ0n) is 11.1. The van der Waals surface area contributed by atoms with Gasteiger partial charge < -0.3 is 19.6 Å². The first kappa shape index (κ1) is 15.1. The molecule has 0 saturated carbocycles. The Morgan fingerprint density at radius 2 is 2.00 bits per heavy atom. The van der Waals surface area contributed by atoms with E-state index in [1.54, 1.807) is 0 Å². The summed E-state index contributed by atoms with van der Waals surface area (Å²) < 4.78 is 10.9. The predicted molar refractivity (Wildman–Crippen MR) is 78.8 cm³/mol. The number of rotatable bonds is 8. The first-order chi connectivity index (χ1) is 9.81. The maximum Gasteiger partial charge on any atom is 0.135 e.